The Kier molecular flexibility index (Phi) is 5.63. The Morgan fingerprint density at radius 1 is 1.15 bits per heavy atom. The van der Waals surface area contributed by atoms with Crippen LogP contribution in [-0.2, 0) is 4.79 Å². The first-order chi connectivity index (χ1) is 12.4. The van der Waals surface area contributed by atoms with Crippen molar-refractivity contribution in [2.45, 2.75) is 6.92 Å². The van der Waals surface area contributed by atoms with Crippen LogP contribution in [0, 0.1) is 6.92 Å². The van der Waals surface area contributed by atoms with E-state index in [2.05, 4.69) is 10.2 Å². The summed E-state index contributed by atoms with van der Waals surface area (Å²) in [5, 5.41) is 8.20. The van der Waals surface area contributed by atoms with Crippen molar-refractivity contribution < 1.29 is 18.7 Å². The van der Waals surface area contributed by atoms with Crippen molar-refractivity contribution in [2.75, 3.05) is 32.8 Å². The second-order valence-corrected chi connectivity index (χ2v) is 6.51. The number of carbonyl (C=O) groups excluding carboxylic acids is 2. The van der Waals surface area contributed by atoms with Gasteiger partial charge in [0.05, 0.1) is 5.02 Å². The summed E-state index contributed by atoms with van der Waals surface area (Å²) in [7, 11) is 0. The Morgan fingerprint density at radius 2 is 1.85 bits per heavy atom. The largest absolute Gasteiger partial charge is 0.482 e. The van der Waals surface area contributed by atoms with E-state index in [-0.39, 0.29) is 24.3 Å². The first-order valence-corrected chi connectivity index (χ1v) is 8.64. The molecule has 1 aromatic heterocycles. The van der Waals surface area contributed by atoms with Crippen LogP contribution in [0.2, 0.25) is 10.0 Å². The van der Waals surface area contributed by atoms with Gasteiger partial charge in [0, 0.05) is 38.1 Å². The van der Waals surface area contributed by atoms with Crippen LogP contribution >= 0.6 is 23.2 Å². The van der Waals surface area contributed by atoms with Gasteiger partial charge in [-0.15, -0.1) is 10.2 Å². The van der Waals surface area contributed by atoms with Crippen molar-refractivity contribution in [3.8, 4) is 5.75 Å². The van der Waals surface area contributed by atoms with Gasteiger partial charge in [-0.1, -0.05) is 23.2 Å². The summed E-state index contributed by atoms with van der Waals surface area (Å²) >= 11 is 11.8. The van der Waals surface area contributed by atoms with Crippen LogP contribution in [0.15, 0.2) is 22.6 Å². The molecule has 1 aliphatic rings. The standard InChI is InChI=1S/C16H16Cl2N4O4/c1-10-19-20-15(26-10)16(24)22-6-4-21(5-7-22)14(23)9-25-13-3-2-11(17)8-12(13)18/h2-3,8H,4-7,9H2,1H3. The lowest BCUT2D eigenvalue weighted by molar-refractivity contribution is -0.134. The molecule has 2 amide bonds. The van der Waals surface area contributed by atoms with E-state index in [9.17, 15) is 9.59 Å². The number of aryl methyl sites for hydroxylation is 1. The normalized spacial score (nSPS) is 14.4. The van der Waals surface area contributed by atoms with Gasteiger partial charge in [0.2, 0.25) is 5.89 Å². The third-order valence-electron chi connectivity index (χ3n) is 3.87. The number of carbonyl (C=O) groups is 2. The molecule has 0 atom stereocenters. The molecule has 26 heavy (non-hydrogen) atoms. The zero-order valence-corrected chi connectivity index (χ0v) is 15.5. The maximum Gasteiger partial charge on any atom is 0.311 e. The number of rotatable bonds is 4. The van der Waals surface area contributed by atoms with Crippen LogP contribution in [-0.4, -0.2) is 64.6 Å². The average Bonchev–Trinajstić information content (AvgIpc) is 3.06. The van der Waals surface area contributed by atoms with Gasteiger partial charge in [-0.25, -0.2) is 0 Å². The number of amides is 2. The molecule has 3 rings (SSSR count). The fourth-order valence-electron chi connectivity index (χ4n) is 2.50. The lowest BCUT2D eigenvalue weighted by Crippen LogP contribution is -2.51. The molecule has 2 aromatic rings. The molecule has 138 valence electrons. The number of halogens is 2. The van der Waals surface area contributed by atoms with Crippen LogP contribution in [0.5, 0.6) is 5.75 Å². The van der Waals surface area contributed by atoms with Crippen LogP contribution in [0.4, 0.5) is 0 Å². The SMILES string of the molecule is Cc1nnc(C(=O)N2CCN(C(=O)COc3ccc(Cl)cc3Cl)CC2)o1. The van der Waals surface area contributed by atoms with Crippen molar-refractivity contribution in [1.29, 1.82) is 0 Å². The monoisotopic (exact) mass is 398 g/mol. The number of hydrogen-bond donors (Lipinski definition) is 0. The zero-order valence-electron chi connectivity index (χ0n) is 13.9. The highest BCUT2D eigenvalue weighted by atomic mass is 35.5. The average molecular weight is 399 g/mol. The molecule has 1 saturated heterocycles. The van der Waals surface area contributed by atoms with E-state index in [1.54, 1.807) is 34.9 Å². The maximum atomic E-state index is 12.3. The third-order valence-corrected chi connectivity index (χ3v) is 4.40. The number of nitrogens with zero attached hydrogens (tertiary/aromatic N) is 4. The fourth-order valence-corrected chi connectivity index (χ4v) is 2.96. The summed E-state index contributed by atoms with van der Waals surface area (Å²) in [5.74, 6) is 0.173. The van der Waals surface area contributed by atoms with E-state index in [0.29, 0.717) is 47.9 Å². The number of aromatic nitrogens is 2. The van der Waals surface area contributed by atoms with E-state index in [1.165, 1.54) is 0 Å². The molecule has 0 spiro atoms. The highest BCUT2D eigenvalue weighted by Crippen LogP contribution is 2.27. The van der Waals surface area contributed by atoms with Gasteiger partial charge >= 0.3 is 11.8 Å². The summed E-state index contributed by atoms with van der Waals surface area (Å²) in [5.41, 5.74) is 0. The molecule has 1 aromatic carbocycles. The fraction of sp³-hybridized carbons (Fsp3) is 0.375. The molecule has 0 bridgehead atoms. The Balaban J connectivity index is 1.49. The highest BCUT2D eigenvalue weighted by Gasteiger charge is 2.27. The second kappa shape index (κ2) is 7.92. The Labute approximate surface area is 159 Å². The third kappa shape index (κ3) is 4.25. The summed E-state index contributed by atoms with van der Waals surface area (Å²) in [6.07, 6.45) is 0. The minimum Gasteiger partial charge on any atom is -0.482 e. The Hall–Kier alpha value is -2.32. The molecule has 1 aliphatic heterocycles. The van der Waals surface area contributed by atoms with Crippen molar-refractivity contribution in [1.82, 2.24) is 20.0 Å². The van der Waals surface area contributed by atoms with Gasteiger partial charge in [0.25, 0.3) is 5.91 Å². The Morgan fingerprint density at radius 3 is 2.46 bits per heavy atom. The van der Waals surface area contributed by atoms with Crippen molar-refractivity contribution >= 4 is 35.0 Å². The molecule has 0 unspecified atom stereocenters. The van der Waals surface area contributed by atoms with Gasteiger partial charge in [-0.05, 0) is 18.2 Å². The molecule has 0 radical (unpaired) electrons. The summed E-state index contributed by atoms with van der Waals surface area (Å²) in [6.45, 7) is 3.04. The summed E-state index contributed by atoms with van der Waals surface area (Å²) < 4.78 is 10.6. The molecule has 8 nitrogen and oxygen atoms in total. The zero-order chi connectivity index (χ0) is 18.7. The van der Waals surface area contributed by atoms with E-state index in [4.69, 9.17) is 32.4 Å². The van der Waals surface area contributed by atoms with Gasteiger partial charge < -0.3 is 19.0 Å². The van der Waals surface area contributed by atoms with Crippen LogP contribution in [0.3, 0.4) is 0 Å². The van der Waals surface area contributed by atoms with Crippen molar-refractivity contribution in [3.05, 3.63) is 40.0 Å². The summed E-state index contributed by atoms with van der Waals surface area (Å²) in [4.78, 5) is 27.7. The van der Waals surface area contributed by atoms with Gasteiger partial charge in [-0.2, -0.15) is 0 Å². The molecule has 0 N–H and O–H groups in total. The smallest absolute Gasteiger partial charge is 0.311 e. The topological polar surface area (TPSA) is 88.8 Å². The van der Waals surface area contributed by atoms with Crippen molar-refractivity contribution in [3.63, 3.8) is 0 Å². The van der Waals surface area contributed by atoms with E-state index in [0.717, 1.165) is 0 Å². The first-order valence-electron chi connectivity index (χ1n) is 7.89. The molecular weight excluding hydrogens is 383 g/mol. The van der Waals surface area contributed by atoms with Crippen molar-refractivity contribution in [2.24, 2.45) is 0 Å². The predicted octanol–water partition coefficient (Wildman–Crippen LogP) is 2.05. The minimum atomic E-state index is -0.332. The van der Waals surface area contributed by atoms with Gasteiger partial charge in [-0.3, -0.25) is 9.59 Å². The number of piperazine rings is 1. The Bertz CT molecular complexity index is 818. The summed E-state index contributed by atoms with van der Waals surface area (Å²) in [6, 6.07) is 4.80. The van der Waals surface area contributed by atoms with E-state index < -0.39 is 0 Å². The lowest BCUT2D eigenvalue weighted by atomic mass is 10.3. The first kappa shape index (κ1) is 18.5. The minimum absolute atomic E-state index is 0.0389. The number of benzene rings is 1. The molecule has 1 fully saturated rings. The quantitative estimate of drug-likeness (QED) is 0.782. The van der Waals surface area contributed by atoms with Crippen LogP contribution in [0.1, 0.15) is 16.6 Å². The molecule has 0 aliphatic carbocycles. The molecular formula is C16H16Cl2N4O4. The number of ether oxygens (including phenoxy) is 1. The molecule has 0 saturated carbocycles. The molecule has 10 heteroatoms. The van der Waals surface area contributed by atoms with Crippen LogP contribution in [0.25, 0.3) is 0 Å². The highest BCUT2D eigenvalue weighted by molar-refractivity contribution is 6.35. The van der Waals surface area contributed by atoms with Crippen LogP contribution < -0.4 is 4.74 Å². The van der Waals surface area contributed by atoms with Gasteiger partial charge in [0.1, 0.15) is 5.75 Å². The van der Waals surface area contributed by atoms with E-state index in [1.807, 2.05) is 0 Å². The predicted molar refractivity (Wildman–Crippen MR) is 93.5 cm³/mol. The van der Waals surface area contributed by atoms with Gasteiger partial charge in [0.15, 0.2) is 6.61 Å². The second-order valence-electron chi connectivity index (χ2n) is 5.66. The lowest BCUT2D eigenvalue weighted by Gasteiger charge is -2.34. The van der Waals surface area contributed by atoms with E-state index >= 15 is 0 Å². The molecule has 2 heterocycles. The maximum absolute atomic E-state index is 12.3. The number of hydrogen-bond acceptors (Lipinski definition) is 6.